The lowest BCUT2D eigenvalue weighted by atomic mass is 10.1. The molecule has 0 aliphatic carbocycles. The quantitative estimate of drug-likeness (QED) is 0.727. The van der Waals surface area contributed by atoms with Gasteiger partial charge >= 0.3 is 0 Å². The minimum Gasteiger partial charge on any atom is -0.335 e. The van der Waals surface area contributed by atoms with Gasteiger partial charge in [-0.1, -0.05) is 35.9 Å². The molecule has 0 bridgehead atoms. The Labute approximate surface area is 138 Å². The summed E-state index contributed by atoms with van der Waals surface area (Å²) in [7, 11) is 1.82. The van der Waals surface area contributed by atoms with E-state index < -0.39 is 0 Å². The molecule has 2 rings (SSSR count). The van der Waals surface area contributed by atoms with Gasteiger partial charge in [0.15, 0.2) is 0 Å². The third-order valence-electron chi connectivity index (χ3n) is 3.68. The lowest BCUT2D eigenvalue weighted by molar-refractivity contribution is 0.0741. The van der Waals surface area contributed by atoms with E-state index >= 15 is 0 Å². The van der Waals surface area contributed by atoms with E-state index in [1.807, 2.05) is 63.4 Å². The van der Waals surface area contributed by atoms with Gasteiger partial charge < -0.3 is 4.90 Å². The first kappa shape index (κ1) is 16.1. The van der Waals surface area contributed by atoms with Gasteiger partial charge in [0.1, 0.15) is 0 Å². The predicted molar refractivity (Wildman–Crippen MR) is 90.8 cm³/mol. The first-order valence-electron chi connectivity index (χ1n) is 6.69. The van der Waals surface area contributed by atoms with Gasteiger partial charge in [0.2, 0.25) is 0 Å². The van der Waals surface area contributed by atoms with Crippen molar-refractivity contribution in [2.24, 2.45) is 0 Å². The van der Waals surface area contributed by atoms with Crippen molar-refractivity contribution in [3.63, 3.8) is 0 Å². The lowest BCUT2D eigenvalue weighted by Crippen LogP contribution is -2.30. The Bertz CT molecular complexity index is 654. The van der Waals surface area contributed by atoms with Gasteiger partial charge in [0.25, 0.3) is 5.91 Å². The fraction of sp³-hybridized carbons (Fsp3) is 0.235. The first-order valence-corrected chi connectivity index (χ1v) is 7.86. The molecule has 0 saturated carbocycles. The van der Waals surface area contributed by atoms with Crippen LogP contribution < -0.4 is 0 Å². The highest BCUT2D eigenvalue weighted by molar-refractivity contribution is 9.10. The molecule has 0 spiro atoms. The summed E-state index contributed by atoms with van der Waals surface area (Å²) in [6, 6.07) is 13.3. The number of benzene rings is 2. The number of carbonyl (C=O) groups excluding carboxylic acids is 1. The molecule has 0 aliphatic rings. The molecule has 4 heteroatoms. The first-order chi connectivity index (χ1) is 9.91. The van der Waals surface area contributed by atoms with Gasteiger partial charge in [-0.25, -0.2) is 0 Å². The van der Waals surface area contributed by atoms with Crippen molar-refractivity contribution < 1.29 is 4.79 Å². The van der Waals surface area contributed by atoms with Crippen LogP contribution in [0.1, 0.15) is 34.5 Å². The highest BCUT2D eigenvalue weighted by Gasteiger charge is 2.21. The summed E-state index contributed by atoms with van der Waals surface area (Å²) in [4.78, 5) is 14.4. The van der Waals surface area contributed by atoms with Gasteiger partial charge in [-0.3, -0.25) is 4.79 Å². The normalized spacial score (nSPS) is 12.0. The molecule has 1 unspecified atom stereocenters. The third kappa shape index (κ3) is 3.47. The van der Waals surface area contributed by atoms with E-state index in [9.17, 15) is 4.79 Å². The number of nitrogens with zero attached hydrogens (tertiary/aromatic N) is 1. The monoisotopic (exact) mass is 365 g/mol. The molecular formula is C17H17BrClNO. The van der Waals surface area contributed by atoms with E-state index in [0.29, 0.717) is 10.6 Å². The standard InChI is InChI=1S/C17H17BrClNO/c1-11-5-4-6-15(16(11)18)17(21)20(3)12(2)13-7-9-14(19)10-8-13/h4-10,12H,1-3H3. The van der Waals surface area contributed by atoms with Crippen molar-refractivity contribution in [1.82, 2.24) is 4.90 Å². The van der Waals surface area contributed by atoms with Gasteiger partial charge in [-0.15, -0.1) is 0 Å². The van der Waals surface area contributed by atoms with Crippen LogP contribution in [0.15, 0.2) is 46.9 Å². The Morgan fingerprint density at radius 2 is 1.81 bits per heavy atom. The molecule has 0 saturated heterocycles. The number of halogens is 2. The Morgan fingerprint density at radius 1 is 1.19 bits per heavy atom. The smallest absolute Gasteiger partial charge is 0.255 e. The van der Waals surface area contributed by atoms with E-state index in [4.69, 9.17) is 11.6 Å². The second-order valence-electron chi connectivity index (χ2n) is 5.08. The van der Waals surface area contributed by atoms with E-state index in [0.717, 1.165) is 15.6 Å². The lowest BCUT2D eigenvalue weighted by Gasteiger charge is -2.26. The van der Waals surface area contributed by atoms with E-state index in [2.05, 4.69) is 15.9 Å². The fourth-order valence-corrected chi connectivity index (χ4v) is 2.70. The zero-order valence-electron chi connectivity index (χ0n) is 12.2. The number of aryl methyl sites for hydroxylation is 1. The van der Waals surface area contributed by atoms with E-state index in [1.54, 1.807) is 4.90 Å². The predicted octanol–water partition coefficient (Wildman–Crippen LogP) is 5.24. The number of amides is 1. The van der Waals surface area contributed by atoms with Crippen LogP contribution in [-0.2, 0) is 0 Å². The van der Waals surface area contributed by atoms with Crippen LogP contribution in [0.2, 0.25) is 5.02 Å². The van der Waals surface area contributed by atoms with Gasteiger partial charge in [0.05, 0.1) is 11.6 Å². The Morgan fingerprint density at radius 3 is 2.43 bits per heavy atom. The summed E-state index contributed by atoms with van der Waals surface area (Å²) in [6.07, 6.45) is 0. The maximum atomic E-state index is 12.7. The molecule has 0 radical (unpaired) electrons. The molecule has 0 fully saturated rings. The summed E-state index contributed by atoms with van der Waals surface area (Å²) in [5, 5.41) is 0.696. The molecule has 0 heterocycles. The Kier molecular flexibility index (Phi) is 5.07. The van der Waals surface area contributed by atoms with E-state index in [-0.39, 0.29) is 11.9 Å². The van der Waals surface area contributed by atoms with Crippen molar-refractivity contribution in [2.75, 3.05) is 7.05 Å². The Balaban J connectivity index is 2.26. The molecule has 0 aliphatic heterocycles. The fourth-order valence-electron chi connectivity index (χ4n) is 2.14. The third-order valence-corrected chi connectivity index (χ3v) is 4.98. The second kappa shape index (κ2) is 6.63. The minimum absolute atomic E-state index is 0.00646. The average molecular weight is 367 g/mol. The summed E-state index contributed by atoms with van der Waals surface area (Å²) in [5.74, 6) is -0.00646. The highest BCUT2D eigenvalue weighted by Crippen LogP contribution is 2.26. The van der Waals surface area contributed by atoms with Crippen LogP contribution >= 0.6 is 27.5 Å². The summed E-state index contributed by atoms with van der Waals surface area (Å²) in [6.45, 7) is 3.98. The SMILES string of the molecule is Cc1cccc(C(=O)N(C)C(C)c2ccc(Cl)cc2)c1Br. The van der Waals surface area contributed by atoms with Crippen molar-refractivity contribution in [3.8, 4) is 0 Å². The Hall–Kier alpha value is -1.32. The highest BCUT2D eigenvalue weighted by atomic mass is 79.9. The summed E-state index contributed by atoms with van der Waals surface area (Å²) < 4.78 is 0.852. The maximum Gasteiger partial charge on any atom is 0.255 e. The second-order valence-corrected chi connectivity index (χ2v) is 6.31. The van der Waals surface area contributed by atoms with Crippen molar-refractivity contribution in [3.05, 3.63) is 68.7 Å². The van der Waals surface area contributed by atoms with E-state index in [1.165, 1.54) is 0 Å². The van der Waals surface area contributed by atoms with Crippen molar-refractivity contribution >= 4 is 33.4 Å². The van der Waals surface area contributed by atoms with Crippen molar-refractivity contribution in [2.45, 2.75) is 19.9 Å². The van der Waals surface area contributed by atoms with Gasteiger partial charge in [0, 0.05) is 16.5 Å². The number of rotatable bonds is 3. The number of carbonyl (C=O) groups is 1. The summed E-state index contributed by atoms with van der Waals surface area (Å²) >= 11 is 9.40. The molecule has 1 amide bonds. The molecule has 1 atom stereocenters. The largest absolute Gasteiger partial charge is 0.335 e. The zero-order chi connectivity index (χ0) is 15.6. The molecule has 2 aromatic rings. The molecule has 2 nitrogen and oxygen atoms in total. The number of hydrogen-bond acceptors (Lipinski definition) is 1. The van der Waals surface area contributed by atoms with Crippen LogP contribution in [0.25, 0.3) is 0 Å². The van der Waals surface area contributed by atoms with Crippen LogP contribution in [0.4, 0.5) is 0 Å². The minimum atomic E-state index is -0.0258. The van der Waals surface area contributed by atoms with Crippen LogP contribution in [0, 0.1) is 6.92 Å². The van der Waals surface area contributed by atoms with Crippen molar-refractivity contribution in [1.29, 1.82) is 0 Å². The van der Waals surface area contributed by atoms with Gasteiger partial charge in [-0.05, 0) is 59.1 Å². The average Bonchev–Trinajstić information content (AvgIpc) is 2.48. The molecule has 21 heavy (non-hydrogen) atoms. The topological polar surface area (TPSA) is 20.3 Å². The summed E-state index contributed by atoms with van der Waals surface area (Å²) in [5.41, 5.74) is 2.78. The zero-order valence-corrected chi connectivity index (χ0v) is 14.6. The molecule has 0 N–H and O–H groups in total. The molecule has 0 aromatic heterocycles. The van der Waals surface area contributed by atoms with Gasteiger partial charge in [-0.2, -0.15) is 0 Å². The van der Waals surface area contributed by atoms with Crippen LogP contribution in [0.5, 0.6) is 0 Å². The van der Waals surface area contributed by atoms with Crippen LogP contribution in [0.3, 0.4) is 0 Å². The number of hydrogen-bond donors (Lipinski definition) is 0. The molecular weight excluding hydrogens is 350 g/mol. The van der Waals surface area contributed by atoms with Crippen LogP contribution in [-0.4, -0.2) is 17.9 Å². The molecule has 110 valence electrons. The maximum absolute atomic E-state index is 12.7. The molecule has 2 aromatic carbocycles.